The molecule has 0 aliphatic heterocycles. The molecule has 0 bridgehead atoms. The molecule has 0 radical (unpaired) electrons. The second-order valence-corrected chi connectivity index (χ2v) is 7.80. The predicted octanol–water partition coefficient (Wildman–Crippen LogP) is 0.379. The lowest BCUT2D eigenvalue weighted by atomic mass is 10.1. The molecule has 0 unspecified atom stereocenters. The van der Waals surface area contributed by atoms with Crippen LogP contribution in [0.3, 0.4) is 0 Å². The zero-order chi connectivity index (χ0) is 23.8. The quantitative estimate of drug-likeness (QED) is 0.105. The number of carboxylic acid groups (broad SMARTS) is 2. The molecule has 0 aromatic heterocycles. The number of amides is 3. The second-order valence-electron chi connectivity index (χ2n) is 6.83. The Bertz CT molecular complexity index is 619. The molecule has 0 aliphatic rings. The molecular weight excluding hydrogens is 432 g/mol. The van der Waals surface area contributed by atoms with E-state index in [1.54, 1.807) is 0 Å². The molecule has 31 heavy (non-hydrogen) atoms. The van der Waals surface area contributed by atoms with Gasteiger partial charge in [0.15, 0.2) is 0 Å². The van der Waals surface area contributed by atoms with Crippen LogP contribution in [-0.2, 0) is 19.2 Å². The van der Waals surface area contributed by atoms with Crippen LogP contribution in [0.15, 0.2) is 0 Å². The fourth-order valence-corrected chi connectivity index (χ4v) is 3.12. The van der Waals surface area contributed by atoms with Crippen molar-refractivity contribution in [3.8, 4) is 0 Å². The molecule has 0 aliphatic carbocycles. The topological polar surface area (TPSA) is 199 Å². The zero-order valence-electron chi connectivity index (χ0n) is 17.5. The summed E-state index contributed by atoms with van der Waals surface area (Å²) in [4.78, 5) is 57.6. The number of carboxylic acids is 2. The van der Waals surface area contributed by atoms with Gasteiger partial charge < -0.3 is 26.6 Å². The maximum Gasteiger partial charge on any atom is 0.322 e. The molecule has 0 aromatic rings. The average molecular weight is 465 g/mol. The number of unbranched alkanes of at least 4 members (excludes halogenated alkanes) is 4. The number of hydrogen-bond donors (Lipinski definition) is 6. The minimum atomic E-state index is -1.29. The molecule has 0 saturated heterocycles. The van der Waals surface area contributed by atoms with Crippen molar-refractivity contribution in [3.05, 3.63) is 0 Å². The van der Waals surface area contributed by atoms with Crippen LogP contribution in [0, 0.1) is 0 Å². The molecule has 178 valence electrons. The van der Waals surface area contributed by atoms with Crippen molar-refractivity contribution in [1.29, 1.82) is 0 Å². The molecule has 12 nitrogen and oxygen atoms in total. The Hall–Kier alpha value is -2.38. The monoisotopic (exact) mass is 464 g/mol. The Kier molecular flexibility index (Phi) is 15.1. The molecule has 0 heterocycles. The number of nitrogens with two attached hydrogens (primary N) is 1. The highest BCUT2D eigenvalue weighted by atomic mass is 32.2. The molecule has 2 atom stereocenters. The summed E-state index contributed by atoms with van der Waals surface area (Å²) in [5, 5.41) is 31.5. The van der Waals surface area contributed by atoms with E-state index < -0.39 is 47.6 Å². The van der Waals surface area contributed by atoms with Crippen molar-refractivity contribution in [2.45, 2.75) is 64.0 Å². The SMILES string of the molecule is CCCCCCCN(O)C(=O)SC[C@H](NC(=O)CC[C@H](N)C(=O)O)C(=O)NCC(=O)O. The normalized spacial score (nSPS) is 12.5. The van der Waals surface area contributed by atoms with Crippen LogP contribution >= 0.6 is 11.8 Å². The Labute approximate surface area is 184 Å². The van der Waals surface area contributed by atoms with Gasteiger partial charge in [0, 0.05) is 18.7 Å². The molecule has 0 rings (SSSR count). The van der Waals surface area contributed by atoms with Crippen LogP contribution in [0.2, 0.25) is 0 Å². The number of carbonyl (C=O) groups is 5. The summed E-state index contributed by atoms with van der Waals surface area (Å²) in [7, 11) is 0. The second kappa shape index (κ2) is 16.3. The van der Waals surface area contributed by atoms with E-state index in [9.17, 15) is 29.2 Å². The molecule has 13 heteroatoms. The first-order chi connectivity index (χ1) is 14.6. The first-order valence-electron chi connectivity index (χ1n) is 9.98. The van der Waals surface area contributed by atoms with Gasteiger partial charge in [-0.25, -0.2) is 5.06 Å². The smallest absolute Gasteiger partial charge is 0.322 e. The number of thioether (sulfide) groups is 1. The molecule has 0 fully saturated rings. The van der Waals surface area contributed by atoms with Crippen LogP contribution in [-0.4, -0.2) is 80.4 Å². The number of hydroxylamine groups is 2. The molecule has 3 amide bonds. The van der Waals surface area contributed by atoms with Gasteiger partial charge in [0.05, 0.1) is 0 Å². The maximum absolute atomic E-state index is 12.2. The first-order valence-corrected chi connectivity index (χ1v) is 11.0. The van der Waals surface area contributed by atoms with Gasteiger partial charge >= 0.3 is 17.2 Å². The van der Waals surface area contributed by atoms with Crippen LogP contribution in [0.25, 0.3) is 0 Å². The van der Waals surface area contributed by atoms with Crippen molar-refractivity contribution in [2.24, 2.45) is 5.73 Å². The fraction of sp³-hybridized carbons (Fsp3) is 0.722. The van der Waals surface area contributed by atoms with Crippen molar-refractivity contribution in [3.63, 3.8) is 0 Å². The summed E-state index contributed by atoms with van der Waals surface area (Å²) in [6.07, 6.45) is 4.16. The number of carbonyl (C=O) groups excluding carboxylic acids is 3. The summed E-state index contributed by atoms with van der Waals surface area (Å²) < 4.78 is 0. The summed E-state index contributed by atoms with van der Waals surface area (Å²) in [5.74, 6) is -4.34. The maximum atomic E-state index is 12.2. The van der Waals surface area contributed by atoms with Crippen molar-refractivity contribution < 1.29 is 39.4 Å². The molecule has 0 spiro atoms. The third-order valence-corrected chi connectivity index (χ3v) is 5.08. The molecular formula is C18H32N4O8S. The van der Waals surface area contributed by atoms with Crippen LogP contribution in [0.5, 0.6) is 0 Å². The van der Waals surface area contributed by atoms with Gasteiger partial charge in [0.25, 0.3) is 0 Å². The highest BCUT2D eigenvalue weighted by Gasteiger charge is 2.24. The van der Waals surface area contributed by atoms with E-state index in [2.05, 4.69) is 17.6 Å². The van der Waals surface area contributed by atoms with Gasteiger partial charge in [-0.05, 0) is 12.8 Å². The van der Waals surface area contributed by atoms with Gasteiger partial charge in [-0.15, -0.1) is 0 Å². The predicted molar refractivity (Wildman–Crippen MR) is 113 cm³/mol. The number of hydrogen-bond acceptors (Lipinski definition) is 8. The largest absolute Gasteiger partial charge is 0.480 e. The number of nitrogens with zero attached hydrogens (tertiary/aromatic N) is 1. The first kappa shape index (κ1) is 28.6. The highest BCUT2D eigenvalue weighted by Crippen LogP contribution is 2.12. The highest BCUT2D eigenvalue weighted by molar-refractivity contribution is 8.13. The van der Waals surface area contributed by atoms with Gasteiger partial charge in [0.2, 0.25) is 11.8 Å². The van der Waals surface area contributed by atoms with E-state index in [4.69, 9.17) is 15.9 Å². The van der Waals surface area contributed by atoms with Gasteiger partial charge in [0.1, 0.15) is 18.6 Å². The van der Waals surface area contributed by atoms with Crippen LogP contribution in [0.4, 0.5) is 4.79 Å². The van der Waals surface area contributed by atoms with E-state index in [1.165, 1.54) is 0 Å². The Morgan fingerprint density at radius 1 is 1.06 bits per heavy atom. The number of nitrogens with one attached hydrogen (secondary N) is 2. The minimum absolute atomic E-state index is 0.130. The minimum Gasteiger partial charge on any atom is -0.480 e. The number of aliphatic carboxylic acids is 2. The van der Waals surface area contributed by atoms with Crippen LogP contribution in [0.1, 0.15) is 51.9 Å². The Balaban J connectivity index is 4.70. The number of rotatable bonds is 16. The van der Waals surface area contributed by atoms with Crippen molar-refractivity contribution >= 4 is 40.8 Å². The van der Waals surface area contributed by atoms with E-state index in [-0.39, 0.29) is 25.1 Å². The molecule has 0 aromatic carbocycles. The van der Waals surface area contributed by atoms with Crippen molar-refractivity contribution in [2.75, 3.05) is 18.8 Å². The molecule has 0 saturated carbocycles. The van der Waals surface area contributed by atoms with Gasteiger partial charge in [-0.2, -0.15) is 0 Å². The Morgan fingerprint density at radius 3 is 2.29 bits per heavy atom. The van der Waals surface area contributed by atoms with Crippen molar-refractivity contribution in [1.82, 2.24) is 15.7 Å². The fourth-order valence-electron chi connectivity index (χ4n) is 2.33. The van der Waals surface area contributed by atoms with E-state index in [0.29, 0.717) is 23.2 Å². The lowest BCUT2D eigenvalue weighted by molar-refractivity contribution is -0.139. The summed E-state index contributed by atoms with van der Waals surface area (Å²) in [6.45, 7) is 1.52. The zero-order valence-corrected chi connectivity index (χ0v) is 18.4. The standard InChI is InChI=1S/C18H32N4O8S/c1-2-3-4-5-6-9-22(30)18(29)31-11-13(16(26)20-10-15(24)25)21-14(23)8-7-12(19)17(27)28/h12-13,30H,2-11,19H2,1H3,(H,20,26)(H,21,23)(H,24,25)(H,27,28)/t12-,13-/m0/s1. The third-order valence-electron chi connectivity index (χ3n) is 4.12. The van der Waals surface area contributed by atoms with E-state index in [0.717, 1.165) is 25.7 Å². The average Bonchev–Trinajstić information content (AvgIpc) is 2.72. The van der Waals surface area contributed by atoms with E-state index in [1.807, 2.05) is 0 Å². The summed E-state index contributed by atoms with van der Waals surface area (Å²) >= 11 is 0.590. The summed E-state index contributed by atoms with van der Waals surface area (Å²) in [6, 6.07) is -2.51. The summed E-state index contributed by atoms with van der Waals surface area (Å²) in [5.41, 5.74) is 5.33. The third kappa shape index (κ3) is 14.3. The van der Waals surface area contributed by atoms with Gasteiger partial charge in [-0.1, -0.05) is 44.4 Å². The molecule has 7 N–H and O–H groups in total. The Morgan fingerprint density at radius 2 is 1.71 bits per heavy atom. The van der Waals surface area contributed by atoms with E-state index >= 15 is 0 Å². The van der Waals surface area contributed by atoms with Gasteiger partial charge in [-0.3, -0.25) is 29.2 Å². The lowest BCUT2D eigenvalue weighted by Crippen LogP contribution is -2.50. The lowest BCUT2D eigenvalue weighted by Gasteiger charge is -2.19. The van der Waals surface area contributed by atoms with Crippen LogP contribution < -0.4 is 16.4 Å².